The van der Waals surface area contributed by atoms with Gasteiger partial charge in [0, 0.05) is 19.0 Å². The lowest BCUT2D eigenvalue weighted by Crippen LogP contribution is -2.58. The van der Waals surface area contributed by atoms with Crippen molar-refractivity contribution in [1.29, 1.82) is 0 Å². The van der Waals surface area contributed by atoms with Gasteiger partial charge >= 0.3 is 12.3 Å². The molecular formula is C34H29F3N2O7S. The number of nitrogens with zero attached hydrogens (tertiary/aromatic N) is 1. The maximum absolute atomic E-state index is 13.9. The zero-order chi connectivity index (χ0) is 33.4. The minimum absolute atomic E-state index is 0.0742. The lowest BCUT2D eigenvalue weighted by molar-refractivity contribution is -0.137. The average molecular weight is 667 g/mol. The van der Waals surface area contributed by atoms with Crippen molar-refractivity contribution >= 4 is 21.8 Å². The number of amides is 2. The van der Waals surface area contributed by atoms with E-state index in [-0.39, 0.29) is 54.9 Å². The predicted molar refractivity (Wildman–Crippen MR) is 164 cm³/mol. The van der Waals surface area contributed by atoms with Gasteiger partial charge in [-0.25, -0.2) is 18.7 Å². The van der Waals surface area contributed by atoms with E-state index in [0.717, 1.165) is 46.5 Å². The third-order valence-corrected chi connectivity index (χ3v) is 11.3. The summed E-state index contributed by atoms with van der Waals surface area (Å²) < 4.78 is 75.4. The van der Waals surface area contributed by atoms with Crippen molar-refractivity contribution in [2.24, 2.45) is 0 Å². The first-order valence-electron chi connectivity index (χ1n) is 14.7. The van der Waals surface area contributed by atoms with Crippen molar-refractivity contribution in [2.75, 3.05) is 19.7 Å². The number of likely N-dealkylation sites (tertiary alicyclic amines) is 1. The first-order chi connectivity index (χ1) is 22.4. The summed E-state index contributed by atoms with van der Waals surface area (Å²) in [7, 11) is -4.42. The van der Waals surface area contributed by atoms with Crippen LogP contribution in [-0.2, 0) is 25.5 Å². The monoisotopic (exact) mass is 666 g/mol. The number of piperidine rings is 1. The first-order valence-corrected chi connectivity index (χ1v) is 16.2. The maximum Gasteiger partial charge on any atom is 0.416 e. The van der Waals surface area contributed by atoms with Crippen molar-refractivity contribution in [2.45, 2.75) is 34.6 Å². The van der Waals surface area contributed by atoms with E-state index in [0.29, 0.717) is 0 Å². The fraction of sp³-hybridized carbons (Fsp3) is 0.235. The Balaban J connectivity index is 1.13. The number of alkyl halides is 3. The van der Waals surface area contributed by atoms with Crippen LogP contribution >= 0.6 is 0 Å². The van der Waals surface area contributed by atoms with Gasteiger partial charge in [0.2, 0.25) is 0 Å². The Bertz CT molecular complexity index is 1860. The number of hydrogen-bond donors (Lipinski definition) is 2. The molecule has 0 unspecified atom stereocenters. The molecular weight excluding hydrogens is 637 g/mol. The molecule has 244 valence electrons. The second kappa shape index (κ2) is 12.4. The SMILES string of the molecule is O=C(OCC1c2ccccc2-c2ccccc21)N1CCC(C(=O)NO)(S(=O)(=O)c2ccc(Oc3ccc(C(F)(F)F)cc3)cc2)CC1. The summed E-state index contributed by atoms with van der Waals surface area (Å²) in [5.74, 6) is -1.04. The van der Waals surface area contributed by atoms with E-state index in [1.165, 1.54) is 34.6 Å². The van der Waals surface area contributed by atoms with Crippen LogP contribution in [0.4, 0.5) is 18.0 Å². The minimum Gasteiger partial charge on any atom is -0.457 e. The van der Waals surface area contributed by atoms with Crippen molar-refractivity contribution in [3.8, 4) is 22.6 Å². The van der Waals surface area contributed by atoms with E-state index < -0.39 is 38.3 Å². The molecule has 1 fully saturated rings. The molecule has 1 aliphatic heterocycles. The molecule has 0 radical (unpaired) electrons. The number of benzene rings is 4. The van der Waals surface area contributed by atoms with Crippen molar-refractivity contribution in [3.63, 3.8) is 0 Å². The lowest BCUT2D eigenvalue weighted by Gasteiger charge is -2.39. The standard InChI is InChI=1S/C34H29F3N2O7S/c35-34(36,37)22-9-11-23(12-10-22)46-24-13-15-25(16-14-24)47(43,44)33(31(40)38-42)17-19-39(20-18-33)32(41)45-21-30-28-7-3-1-5-26(28)27-6-2-4-8-29(27)30/h1-16,30,42H,17-21H2,(H,38,40). The van der Waals surface area contributed by atoms with Crippen LogP contribution in [0.3, 0.4) is 0 Å². The number of fused-ring (bicyclic) bond motifs is 3. The fourth-order valence-electron chi connectivity index (χ4n) is 6.22. The Hall–Kier alpha value is -4.88. The number of hydrogen-bond acceptors (Lipinski definition) is 7. The normalized spacial score (nSPS) is 15.8. The van der Waals surface area contributed by atoms with Gasteiger partial charge in [-0.15, -0.1) is 0 Å². The third kappa shape index (κ3) is 5.92. The van der Waals surface area contributed by atoms with Crippen molar-refractivity contribution in [3.05, 3.63) is 114 Å². The van der Waals surface area contributed by atoms with Gasteiger partial charge in [-0.1, -0.05) is 48.5 Å². The molecule has 0 aromatic heterocycles. The van der Waals surface area contributed by atoms with Crippen LogP contribution in [0.1, 0.15) is 35.4 Å². The fourth-order valence-corrected chi connectivity index (χ4v) is 8.17. The van der Waals surface area contributed by atoms with Gasteiger partial charge in [-0.05, 0) is 83.6 Å². The summed E-state index contributed by atoms with van der Waals surface area (Å²) in [6.07, 6.45) is -5.77. The van der Waals surface area contributed by atoms with Crippen LogP contribution in [0.15, 0.2) is 102 Å². The zero-order valence-electron chi connectivity index (χ0n) is 24.7. The van der Waals surface area contributed by atoms with E-state index in [1.807, 2.05) is 48.5 Å². The highest BCUT2D eigenvalue weighted by atomic mass is 32.2. The number of nitrogens with one attached hydrogen (secondary N) is 1. The summed E-state index contributed by atoms with van der Waals surface area (Å²) in [5.41, 5.74) is 4.87. The van der Waals surface area contributed by atoms with Gasteiger partial charge in [0.05, 0.1) is 10.5 Å². The Kier molecular flexibility index (Phi) is 8.45. The van der Waals surface area contributed by atoms with Crippen LogP contribution in [0.5, 0.6) is 11.5 Å². The number of carbonyl (C=O) groups is 2. The molecule has 13 heteroatoms. The molecule has 1 aliphatic carbocycles. The molecule has 4 aromatic rings. The molecule has 6 rings (SSSR count). The zero-order valence-corrected chi connectivity index (χ0v) is 25.6. The van der Waals surface area contributed by atoms with Gasteiger partial charge in [0.15, 0.2) is 14.6 Å². The van der Waals surface area contributed by atoms with Gasteiger partial charge < -0.3 is 14.4 Å². The van der Waals surface area contributed by atoms with E-state index in [9.17, 15) is 36.4 Å². The number of ether oxygens (including phenoxy) is 2. The van der Waals surface area contributed by atoms with Crippen LogP contribution < -0.4 is 10.2 Å². The molecule has 2 aliphatic rings. The second-order valence-electron chi connectivity index (χ2n) is 11.3. The summed E-state index contributed by atoms with van der Waals surface area (Å²) >= 11 is 0. The molecule has 47 heavy (non-hydrogen) atoms. The Morgan fingerprint density at radius 1 is 0.830 bits per heavy atom. The second-order valence-corrected chi connectivity index (χ2v) is 13.6. The van der Waals surface area contributed by atoms with E-state index in [1.54, 1.807) is 0 Å². The van der Waals surface area contributed by atoms with Gasteiger partial charge in [0.25, 0.3) is 5.91 Å². The highest BCUT2D eigenvalue weighted by Gasteiger charge is 2.53. The van der Waals surface area contributed by atoms with E-state index in [2.05, 4.69) is 0 Å². The predicted octanol–water partition coefficient (Wildman–Crippen LogP) is 6.56. The lowest BCUT2D eigenvalue weighted by atomic mass is 9.95. The average Bonchev–Trinajstić information content (AvgIpc) is 3.40. The Labute approximate surface area is 268 Å². The van der Waals surface area contributed by atoms with Gasteiger partial charge in [-0.3, -0.25) is 10.0 Å². The number of hydroxylamine groups is 1. The van der Waals surface area contributed by atoms with Gasteiger partial charge in [0.1, 0.15) is 18.1 Å². The van der Waals surface area contributed by atoms with Crippen LogP contribution in [0.2, 0.25) is 0 Å². The van der Waals surface area contributed by atoms with Crippen molar-refractivity contribution in [1.82, 2.24) is 10.4 Å². The number of carbonyl (C=O) groups excluding carboxylic acids is 2. The molecule has 1 heterocycles. The highest BCUT2D eigenvalue weighted by molar-refractivity contribution is 7.93. The minimum atomic E-state index is -4.50. The summed E-state index contributed by atoms with van der Waals surface area (Å²) in [6, 6.07) is 24.8. The molecule has 0 spiro atoms. The number of halogens is 3. The van der Waals surface area contributed by atoms with Crippen LogP contribution in [0, 0.1) is 0 Å². The molecule has 4 aromatic carbocycles. The van der Waals surface area contributed by atoms with E-state index >= 15 is 0 Å². The summed E-state index contributed by atoms with van der Waals surface area (Å²) in [5, 5.41) is 9.52. The largest absolute Gasteiger partial charge is 0.457 e. The van der Waals surface area contributed by atoms with E-state index in [4.69, 9.17) is 9.47 Å². The number of rotatable bonds is 7. The topological polar surface area (TPSA) is 122 Å². The first kappa shape index (κ1) is 32.1. The Morgan fingerprint density at radius 3 is 1.85 bits per heavy atom. The number of sulfone groups is 1. The molecule has 0 saturated carbocycles. The van der Waals surface area contributed by atoms with Crippen molar-refractivity contribution < 1.29 is 45.9 Å². The quantitative estimate of drug-likeness (QED) is 0.169. The summed E-state index contributed by atoms with van der Waals surface area (Å²) in [6.45, 7) is -0.179. The third-order valence-electron chi connectivity index (χ3n) is 8.75. The van der Waals surface area contributed by atoms with Gasteiger partial charge in [-0.2, -0.15) is 13.2 Å². The molecule has 1 saturated heterocycles. The molecule has 0 atom stereocenters. The molecule has 9 nitrogen and oxygen atoms in total. The van der Waals surface area contributed by atoms with Crippen LogP contribution in [-0.4, -0.2) is 55.0 Å². The smallest absolute Gasteiger partial charge is 0.416 e. The molecule has 2 N–H and O–H groups in total. The van der Waals surface area contributed by atoms with Crippen LogP contribution in [0.25, 0.3) is 11.1 Å². The maximum atomic E-state index is 13.9. The molecule has 0 bridgehead atoms. The highest BCUT2D eigenvalue weighted by Crippen LogP contribution is 2.45. The summed E-state index contributed by atoms with van der Waals surface area (Å²) in [4.78, 5) is 27.2. The molecule has 2 amide bonds. The Morgan fingerprint density at radius 2 is 1.34 bits per heavy atom.